The number of hydrogen-bond donors (Lipinski definition) is 1. The maximum Gasteiger partial charge on any atom is 0.243 e. The van der Waals surface area contributed by atoms with Crippen LogP contribution < -0.4 is 5.32 Å². The van der Waals surface area contributed by atoms with Crippen molar-refractivity contribution >= 4 is 0 Å². The molecule has 0 saturated carbocycles. The maximum absolute atomic E-state index is 5.17. The first kappa shape index (κ1) is 12.1. The van der Waals surface area contributed by atoms with Crippen molar-refractivity contribution in [1.29, 1.82) is 0 Å². The molecule has 0 aliphatic rings. The highest BCUT2D eigenvalue weighted by Crippen LogP contribution is 2.09. The van der Waals surface area contributed by atoms with Crippen molar-refractivity contribution in [2.75, 3.05) is 20.6 Å². The summed E-state index contributed by atoms with van der Waals surface area (Å²) in [6.45, 7) is 5.84. The second-order valence-electron chi connectivity index (χ2n) is 3.96. The lowest BCUT2D eigenvalue weighted by molar-refractivity contribution is 0.327. The van der Waals surface area contributed by atoms with Crippen LogP contribution in [0.15, 0.2) is 4.52 Å². The van der Waals surface area contributed by atoms with E-state index in [9.17, 15) is 0 Å². The summed E-state index contributed by atoms with van der Waals surface area (Å²) in [6.07, 6.45) is 1.10. The van der Waals surface area contributed by atoms with E-state index in [2.05, 4.69) is 22.4 Å². The molecular weight excluding hydrogens is 192 g/mol. The fourth-order valence-electron chi connectivity index (χ4n) is 1.24. The van der Waals surface area contributed by atoms with E-state index in [4.69, 9.17) is 4.52 Å². The van der Waals surface area contributed by atoms with Crippen molar-refractivity contribution in [3.63, 3.8) is 0 Å². The zero-order valence-corrected chi connectivity index (χ0v) is 9.95. The highest BCUT2D eigenvalue weighted by molar-refractivity contribution is 4.90. The van der Waals surface area contributed by atoms with Crippen LogP contribution >= 0.6 is 0 Å². The summed E-state index contributed by atoms with van der Waals surface area (Å²) in [6, 6.07) is 0.133. The van der Waals surface area contributed by atoms with Gasteiger partial charge in [0.2, 0.25) is 5.89 Å². The van der Waals surface area contributed by atoms with Gasteiger partial charge in [0, 0.05) is 0 Å². The van der Waals surface area contributed by atoms with Crippen LogP contribution in [0.4, 0.5) is 0 Å². The van der Waals surface area contributed by atoms with Crippen LogP contribution in [0.1, 0.15) is 38.0 Å². The van der Waals surface area contributed by atoms with E-state index < -0.39 is 0 Å². The molecule has 0 bridgehead atoms. The normalized spacial score (nSPS) is 13.4. The Balaban J connectivity index is 2.51. The van der Waals surface area contributed by atoms with Crippen molar-refractivity contribution in [3.05, 3.63) is 11.7 Å². The lowest BCUT2D eigenvalue weighted by atomic mass is 10.3. The third-order valence-corrected chi connectivity index (χ3v) is 2.01. The second-order valence-corrected chi connectivity index (χ2v) is 3.96. The quantitative estimate of drug-likeness (QED) is 0.767. The molecule has 1 unspecified atom stereocenters. The standard InChI is InChI=1S/C10H20N4O/c1-5-6-11-8(2)10-12-9(13-15-10)7-14(3)4/h8,11H,5-7H2,1-4H3. The first-order valence-corrected chi connectivity index (χ1v) is 5.34. The molecule has 15 heavy (non-hydrogen) atoms. The van der Waals surface area contributed by atoms with Gasteiger partial charge in [0.25, 0.3) is 0 Å². The fraction of sp³-hybridized carbons (Fsp3) is 0.800. The fourth-order valence-corrected chi connectivity index (χ4v) is 1.24. The second kappa shape index (κ2) is 5.82. The van der Waals surface area contributed by atoms with Crippen molar-refractivity contribution in [2.45, 2.75) is 32.9 Å². The summed E-state index contributed by atoms with van der Waals surface area (Å²) >= 11 is 0. The van der Waals surface area contributed by atoms with Crippen LogP contribution in [0.25, 0.3) is 0 Å². The van der Waals surface area contributed by atoms with Crippen molar-refractivity contribution in [2.24, 2.45) is 0 Å². The largest absolute Gasteiger partial charge is 0.338 e. The number of hydrogen-bond acceptors (Lipinski definition) is 5. The van der Waals surface area contributed by atoms with E-state index in [1.54, 1.807) is 0 Å². The molecule has 1 atom stereocenters. The van der Waals surface area contributed by atoms with Crippen LogP contribution in [0.2, 0.25) is 0 Å². The lowest BCUT2D eigenvalue weighted by Crippen LogP contribution is -2.19. The number of aromatic nitrogens is 2. The molecule has 0 spiro atoms. The van der Waals surface area contributed by atoms with Gasteiger partial charge in [-0.05, 0) is 34.0 Å². The monoisotopic (exact) mass is 212 g/mol. The summed E-state index contributed by atoms with van der Waals surface area (Å²) in [4.78, 5) is 6.33. The third kappa shape index (κ3) is 3.97. The summed E-state index contributed by atoms with van der Waals surface area (Å²) < 4.78 is 5.17. The zero-order valence-electron chi connectivity index (χ0n) is 9.95. The lowest BCUT2D eigenvalue weighted by Gasteiger charge is -2.07. The van der Waals surface area contributed by atoms with Gasteiger partial charge in [-0.1, -0.05) is 12.1 Å². The molecule has 1 N–H and O–H groups in total. The Morgan fingerprint density at radius 2 is 2.20 bits per heavy atom. The molecule has 86 valence electrons. The molecule has 0 amide bonds. The van der Waals surface area contributed by atoms with E-state index in [-0.39, 0.29) is 6.04 Å². The Morgan fingerprint density at radius 1 is 1.47 bits per heavy atom. The number of nitrogens with one attached hydrogen (secondary N) is 1. The molecule has 0 aliphatic heterocycles. The molecule has 1 heterocycles. The molecule has 0 aromatic carbocycles. The number of rotatable bonds is 6. The highest BCUT2D eigenvalue weighted by atomic mass is 16.5. The minimum absolute atomic E-state index is 0.133. The van der Waals surface area contributed by atoms with Gasteiger partial charge in [-0.2, -0.15) is 4.98 Å². The van der Waals surface area contributed by atoms with Crippen LogP contribution in [0, 0.1) is 0 Å². The third-order valence-electron chi connectivity index (χ3n) is 2.01. The van der Waals surface area contributed by atoms with Gasteiger partial charge in [-0.25, -0.2) is 0 Å². The molecule has 0 fully saturated rings. The Bertz CT molecular complexity index is 285. The van der Waals surface area contributed by atoms with E-state index >= 15 is 0 Å². The molecule has 5 nitrogen and oxygen atoms in total. The smallest absolute Gasteiger partial charge is 0.243 e. The van der Waals surface area contributed by atoms with Gasteiger partial charge in [0.1, 0.15) is 0 Å². The highest BCUT2D eigenvalue weighted by Gasteiger charge is 2.13. The Kier molecular flexibility index (Phi) is 4.71. The van der Waals surface area contributed by atoms with E-state index in [1.807, 2.05) is 25.9 Å². The maximum atomic E-state index is 5.17. The zero-order chi connectivity index (χ0) is 11.3. The molecule has 0 aliphatic carbocycles. The van der Waals surface area contributed by atoms with Gasteiger partial charge in [0.15, 0.2) is 5.82 Å². The summed E-state index contributed by atoms with van der Waals surface area (Å²) in [5.41, 5.74) is 0. The molecule has 0 radical (unpaired) electrons. The summed E-state index contributed by atoms with van der Waals surface area (Å²) in [5, 5.41) is 7.22. The van der Waals surface area contributed by atoms with Crippen molar-refractivity contribution in [1.82, 2.24) is 20.4 Å². The van der Waals surface area contributed by atoms with Crippen molar-refractivity contribution in [3.8, 4) is 0 Å². The van der Waals surface area contributed by atoms with Crippen LogP contribution in [-0.4, -0.2) is 35.7 Å². The number of nitrogens with zero attached hydrogens (tertiary/aromatic N) is 3. The predicted octanol–water partition coefficient (Wildman–Crippen LogP) is 1.19. The van der Waals surface area contributed by atoms with E-state index in [0.717, 1.165) is 18.8 Å². The van der Waals surface area contributed by atoms with Gasteiger partial charge >= 0.3 is 0 Å². The van der Waals surface area contributed by atoms with Gasteiger partial charge < -0.3 is 14.7 Å². The summed E-state index contributed by atoms with van der Waals surface area (Å²) in [7, 11) is 3.96. The first-order valence-electron chi connectivity index (χ1n) is 5.34. The van der Waals surface area contributed by atoms with E-state index in [0.29, 0.717) is 12.4 Å². The summed E-state index contributed by atoms with van der Waals surface area (Å²) in [5.74, 6) is 1.40. The molecule has 1 aromatic rings. The Morgan fingerprint density at radius 3 is 2.80 bits per heavy atom. The predicted molar refractivity (Wildman–Crippen MR) is 58.4 cm³/mol. The minimum atomic E-state index is 0.133. The molecule has 1 aromatic heterocycles. The molecular formula is C10H20N4O. The van der Waals surface area contributed by atoms with Gasteiger partial charge in [0.05, 0.1) is 12.6 Å². The van der Waals surface area contributed by atoms with Crippen LogP contribution in [-0.2, 0) is 6.54 Å². The van der Waals surface area contributed by atoms with Crippen LogP contribution in [0.3, 0.4) is 0 Å². The average molecular weight is 212 g/mol. The van der Waals surface area contributed by atoms with Crippen LogP contribution in [0.5, 0.6) is 0 Å². The SMILES string of the molecule is CCCNC(C)c1nc(CN(C)C)no1. The van der Waals surface area contributed by atoms with E-state index in [1.165, 1.54) is 0 Å². The average Bonchev–Trinajstić information content (AvgIpc) is 2.61. The Labute approximate surface area is 90.8 Å². The molecule has 1 rings (SSSR count). The first-order chi connectivity index (χ1) is 7.13. The van der Waals surface area contributed by atoms with Crippen molar-refractivity contribution < 1.29 is 4.52 Å². The molecule has 5 heteroatoms. The molecule has 0 saturated heterocycles. The minimum Gasteiger partial charge on any atom is -0.338 e. The topological polar surface area (TPSA) is 54.2 Å². The Hall–Kier alpha value is -0.940. The van der Waals surface area contributed by atoms with Gasteiger partial charge in [-0.3, -0.25) is 0 Å². The van der Waals surface area contributed by atoms with Gasteiger partial charge in [-0.15, -0.1) is 0 Å².